The fourth-order valence-corrected chi connectivity index (χ4v) is 2.22. The summed E-state index contributed by atoms with van der Waals surface area (Å²) >= 11 is 0. The van der Waals surface area contributed by atoms with Gasteiger partial charge in [0.05, 0.1) is 0 Å². The van der Waals surface area contributed by atoms with Crippen molar-refractivity contribution in [3.8, 4) is 0 Å². The SMILES string of the molecule is O=C(NCC1CCCCC1)N[C@H](CCO)C(=O)O. The maximum Gasteiger partial charge on any atom is 0.326 e. The molecule has 1 rings (SSSR count). The van der Waals surface area contributed by atoms with Crippen LogP contribution in [0.1, 0.15) is 38.5 Å². The molecule has 1 aliphatic carbocycles. The number of carboxylic acid groups (broad SMARTS) is 1. The molecule has 0 radical (unpaired) electrons. The summed E-state index contributed by atoms with van der Waals surface area (Å²) in [4.78, 5) is 22.3. The second-order valence-corrected chi connectivity index (χ2v) is 4.76. The minimum absolute atomic E-state index is 0.0200. The molecule has 1 fully saturated rings. The Hall–Kier alpha value is -1.30. The summed E-state index contributed by atoms with van der Waals surface area (Å²) in [5, 5.41) is 22.6. The number of aliphatic carboxylic acids is 1. The summed E-state index contributed by atoms with van der Waals surface area (Å²) in [5.74, 6) is -0.623. The van der Waals surface area contributed by atoms with E-state index in [1.807, 2.05) is 0 Å². The van der Waals surface area contributed by atoms with E-state index < -0.39 is 18.0 Å². The van der Waals surface area contributed by atoms with Crippen LogP contribution in [0.5, 0.6) is 0 Å². The van der Waals surface area contributed by atoms with Gasteiger partial charge in [-0.1, -0.05) is 19.3 Å². The maximum absolute atomic E-state index is 11.5. The van der Waals surface area contributed by atoms with Gasteiger partial charge in [0.1, 0.15) is 6.04 Å². The Kier molecular flexibility index (Phi) is 6.49. The van der Waals surface area contributed by atoms with Crippen molar-refractivity contribution in [3.63, 3.8) is 0 Å². The molecule has 4 N–H and O–H groups in total. The Balaban J connectivity index is 2.24. The Morgan fingerprint density at radius 3 is 2.44 bits per heavy atom. The van der Waals surface area contributed by atoms with Crippen molar-refractivity contribution in [2.45, 2.75) is 44.6 Å². The standard InChI is InChI=1S/C12H22N2O4/c15-7-6-10(11(16)17)14-12(18)13-8-9-4-2-1-3-5-9/h9-10,15H,1-8H2,(H,16,17)(H2,13,14,18)/t10-/m1/s1. The van der Waals surface area contributed by atoms with E-state index in [4.69, 9.17) is 10.2 Å². The number of carbonyl (C=O) groups is 2. The molecule has 0 aromatic carbocycles. The molecule has 104 valence electrons. The van der Waals surface area contributed by atoms with Gasteiger partial charge in [0.25, 0.3) is 0 Å². The number of rotatable bonds is 6. The van der Waals surface area contributed by atoms with Gasteiger partial charge >= 0.3 is 12.0 Å². The Morgan fingerprint density at radius 1 is 1.22 bits per heavy atom. The molecule has 6 nitrogen and oxygen atoms in total. The first-order chi connectivity index (χ1) is 8.63. The summed E-state index contributed by atoms with van der Waals surface area (Å²) in [5.41, 5.74) is 0. The van der Waals surface area contributed by atoms with E-state index in [-0.39, 0.29) is 13.0 Å². The van der Waals surface area contributed by atoms with Crippen LogP contribution in [0.4, 0.5) is 4.79 Å². The zero-order valence-corrected chi connectivity index (χ0v) is 10.5. The predicted octanol–water partition coefficient (Wildman–Crippen LogP) is 0.701. The summed E-state index contributed by atoms with van der Waals surface area (Å²) in [6.45, 7) is 0.331. The molecule has 1 saturated carbocycles. The molecular formula is C12H22N2O4. The molecule has 0 heterocycles. The lowest BCUT2D eigenvalue weighted by atomic mass is 9.89. The van der Waals surface area contributed by atoms with E-state index in [9.17, 15) is 9.59 Å². The molecule has 2 amide bonds. The van der Waals surface area contributed by atoms with E-state index in [0.29, 0.717) is 12.5 Å². The number of carbonyl (C=O) groups excluding carboxylic acids is 1. The number of carboxylic acids is 1. The van der Waals surface area contributed by atoms with Gasteiger partial charge in [-0.3, -0.25) is 0 Å². The molecule has 0 unspecified atom stereocenters. The molecule has 0 bridgehead atoms. The predicted molar refractivity (Wildman–Crippen MR) is 66.2 cm³/mol. The van der Waals surface area contributed by atoms with Gasteiger partial charge in [-0.15, -0.1) is 0 Å². The number of hydrogen-bond donors (Lipinski definition) is 4. The summed E-state index contributed by atoms with van der Waals surface area (Å²) < 4.78 is 0. The van der Waals surface area contributed by atoms with Crippen LogP contribution in [-0.2, 0) is 4.79 Å². The minimum atomic E-state index is -1.13. The fourth-order valence-electron chi connectivity index (χ4n) is 2.22. The lowest BCUT2D eigenvalue weighted by Gasteiger charge is -2.22. The van der Waals surface area contributed by atoms with Gasteiger partial charge in [0.2, 0.25) is 0 Å². The largest absolute Gasteiger partial charge is 0.480 e. The number of nitrogens with one attached hydrogen (secondary N) is 2. The van der Waals surface area contributed by atoms with Crippen molar-refractivity contribution in [2.24, 2.45) is 5.92 Å². The quantitative estimate of drug-likeness (QED) is 0.563. The van der Waals surface area contributed by atoms with E-state index in [1.165, 1.54) is 19.3 Å². The summed E-state index contributed by atoms with van der Waals surface area (Å²) in [6.07, 6.45) is 5.94. The Bertz CT molecular complexity index is 277. The van der Waals surface area contributed by atoms with Gasteiger partial charge in [-0.05, 0) is 18.8 Å². The van der Waals surface area contributed by atoms with Gasteiger partial charge in [0, 0.05) is 19.6 Å². The van der Waals surface area contributed by atoms with E-state index in [2.05, 4.69) is 10.6 Å². The van der Waals surface area contributed by atoms with Crippen molar-refractivity contribution < 1.29 is 19.8 Å². The maximum atomic E-state index is 11.5. The average Bonchev–Trinajstić information content (AvgIpc) is 2.37. The summed E-state index contributed by atoms with van der Waals surface area (Å²) in [7, 11) is 0. The van der Waals surface area contributed by atoms with Crippen molar-refractivity contribution in [1.29, 1.82) is 0 Å². The van der Waals surface area contributed by atoms with Crippen LogP contribution in [-0.4, -0.2) is 41.4 Å². The smallest absolute Gasteiger partial charge is 0.326 e. The highest BCUT2D eigenvalue weighted by atomic mass is 16.4. The number of aliphatic hydroxyl groups is 1. The topological polar surface area (TPSA) is 98.7 Å². The highest BCUT2D eigenvalue weighted by molar-refractivity contribution is 5.82. The third-order valence-corrected chi connectivity index (χ3v) is 3.30. The number of hydrogen-bond acceptors (Lipinski definition) is 3. The van der Waals surface area contributed by atoms with Gasteiger partial charge in [-0.25, -0.2) is 9.59 Å². The average molecular weight is 258 g/mol. The van der Waals surface area contributed by atoms with Crippen LogP contribution >= 0.6 is 0 Å². The third kappa shape index (κ3) is 5.35. The number of urea groups is 1. The first-order valence-corrected chi connectivity index (χ1v) is 6.51. The monoisotopic (exact) mass is 258 g/mol. The second-order valence-electron chi connectivity index (χ2n) is 4.76. The minimum Gasteiger partial charge on any atom is -0.480 e. The molecular weight excluding hydrogens is 236 g/mol. The lowest BCUT2D eigenvalue weighted by Crippen LogP contribution is -2.47. The van der Waals surface area contributed by atoms with E-state index in [0.717, 1.165) is 12.8 Å². The van der Waals surface area contributed by atoms with E-state index in [1.54, 1.807) is 0 Å². The molecule has 0 aromatic rings. The van der Waals surface area contributed by atoms with Gasteiger partial charge in [0.15, 0.2) is 0 Å². The van der Waals surface area contributed by atoms with Gasteiger partial charge in [-0.2, -0.15) is 0 Å². The number of amides is 2. The van der Waals surface area contributed by atoms with Gasteiger partial charge < -0.3 is 20.8 Å². The lowest BCUT2D eigenvalue weighted by molar-refractivity contribution is -0.139. The highest BCUT2D eigenvalue weighted by Crippen LogP contribution is 2.22. The molecule has 0 spiro atoms. The molecule has 18 heavy (non-hydrogen) atoms. The zero-order chi connectivity index (χ0) is 13.4. The van der Waals surface area contributed by atoms with Crippen LogP contribution in [0.3, 0.4) is 0 Å². The third-order valence-electron chi connectivity index (χ3n) is 3.30. The molecule has 1 atom stereocenters. The van der Waals surface area contributed by atoms with Crippen molar-refractivity contribution in [1.82, 2.24) is 10.6 Å². The molecule has 0 aliphatic heterocycles. The van der Waals surface area contributed by atoms with Crippen LogP contribution < -0.4 is 10.6 Å². The van der Waals surface area contributed by atoms with Crippen molar-refractivity contribution >= 4 is 12.0 Å². The first-order valence-electron chi connectivity index (χ1n) is 6.51. The van der Waals surface area contributed by atoms with Crippen LogP contribution in [0.15, 0.2) is 0 Å². The normalized spacial score (nSPS) is 18.1. The second kappa shape index (κ2) is 7.92. The van der Waals surface area contributed by atoms with Crippen molar-refractivity contribution in [2.75, 3.05) is 13.2 Å². The Morgan fingerprint density at radius 2 is 1.89 bits per heavy atom. The molecule has 0 saturated heterocycles. The molecule has 0 aromatic heterocycles. The summed E-state index contributed by atoms with van der Waals surface area (Å²) in [6, 6.07) is -1.50. The number of aliphatic hydroxyl groups excluding tert-OH is 1. The fraction of sp³-hybridized carbons (Fsp3) is 0.833. The van der Waals surface area contributed by atoms with Crippen LogP contribution in [0.25, 0.3) is 0 Å². The van der Waals surface area contributed by atoms with Crippen LogP contribution in [0.2, 0.25) is 0 Å². The van der Waals surface area contributed by atoms with Crippen LogP contribution in [0, 0.1) is 5.92 Å². The molecule has 1 aliphatic rings. The molecule has 6 heteroatoms. The zero-order valence-electron chi connectivity index (χ0n) is 10.5. The Labute approximate surface area is 107 Å². The first kappa shape index (κ1) is 14.8. The van der Waals surface area contributed by atoms with E-state index >= 15 is 0 Å². The highest BCUT2D eigenvalue weighted by Gasteiger charge is 2.20. The van der Waals surface area contributed by atoms with Crippen molar-refractivity contribution in [3.05, 3.63) is 0 Å².